The third-order valence-electron chi connectivity index (χ3n) is 0.465. The number of allylic oxidation sites excluding steroid dienone is 1. The van der Waals surface area contributed by atoms with E-state index < -0.39 is 0 Å². The maximum Gasteiger partial charge on any atom is 0.0119 e. The van der Waals surface area contributed by atoms with E-state index in [1.54, 1.807) is 21.6 Å². The highest BCUT2D eigenvalue weighted by molar-refractivity contribution is 8.79. The summed E-state index contributed by atoms with van der Waals surface area (Å²) in [5, 5.41) is 2.03. The predicted molar refractivity (Wildman–Crippen MR) is 33.5 cm³/mol. The SMILES string of the molecule is C=C1C=CSS1. The van der Waals surface area contributed by atoms with Gasteiger partial charge < -0.3 is 0 Å². The molecule has 0 unspecified atom stereocenters. The zero-order valence-electron chi connectivity index (χ0n) is 3.18. The van der Waals surface area contributed by atoms with Crippen molar-refractivity contribution in [2.75, 3.05) is 0 Å². The average molecular weight is 116 g/mol. The molecule has 0 N–H and O–H groups in total. The fourth-order valence-corrected chi connectivity index (χ4v) is 1.70. The summed E-state index contributed by atoms with van der Waals surface area (Å²) >= 11 is 0. The molecule has 6 heavy (non-hydrogen) atoms. The van der Waals surface area contributed by atoms with Crippen molar-refractivity contribution >= 4 is 21.6 Å². The topological polar surface area (TPSA) is 0 Å². The van der Waals surface area contributed by atoms with Gasteiger partial charge in [-0.1, -0.05) is 28.2 Å². The van der Waals surface area contributed by atoms with Crippen LogP contribution in [0.4, 0.5) is 0 Å². The van der Waals surface area contributed by atoms with E-state index in [1.807, 2.05) is 11.5 Å². The Bertz CT molecular complexity index is 93.7. The van der Waals surface area contributed by atoms with Gasteiger partial charge in [0.15, 0.2) is 0 Å². The fourth-order valence-electron chi connectivity index (χ4n) is 0.221. The Balaban J connectivity index is 2.59. The molecule has 0 radical (unpaired) electrons. The van der Waals surface area contributed by atoms with Crippen molar-refractivity contribution in [3.05, 3.63) is 23.0 Å². The van der Waals surface area contributed by atoms with Crippen LogP contribution in [0.15, 0.2) is 23.0 Å². The molecule has 1 aliphatic heterocycles. The summed E-state index contributed by atoms with van der Waals surface area (Å²) in [4.78, 5) is 1.15. The first-order valence-electron chi connectivity index (χ1n) is 1.58. The van der Waals surface area contributed by atoms with Crippen molar-refractivity contribution < 1.29 is 0 Å². The quantitative estimate of drug-likeness (QED) is 0.446. The van der Waals surface area contributed by atoms with Crippen molar-refractivity contribution in [2.24, 2.45) is 0 Å². The third-order valence-corrected chi connectivity index (χ3v) is 2.42. The molecule has 0 aromatic carbocycles. The number of hydrogen-bond acceptors (Lipinski definition) is 2. The van der Waals surface area contributed by atoms with E-state index in [1.165, 1.54) is 0 Å². The second-order valence-corrected chi connectivity index (χ2v) is 3.18. The van der Waals surface area contributed by atoms with E-state index in [-0.39, 0.29) is 0 Å². The standard InChI is InChI=1S/C4H4S2/c1-4-2-3-5-6-4/h2-3H,1H2. The molecule has 0 bridgehead atoms. The zero-order valence-corrected chi connectivity index (χ0v) is 4.81. The Hall–Kier alpha value is 0.180. The summed E-state index contributed by atoms with van der Waals surface area (Å²) in [6, 6.07) is 0. The lowest BCUT2D eigenvalue weighted by Gasteiger charge is -1.77. The van der Waals surface area contributed by atoms with Gasteiger partial charge in [0.1, 0.15) is 0 Å². The van der Waals surface area contributed by atoms with Gasteiger partial charge in [0.05, 0.1) is 0 Å². The Morgan fingerprint density at radius 3 is 2.67 bits per heavy atom. The van der Waals surface area contributed by atoms with Gasteiger partial charge in [-0.15, -0.1) is 0 Å². The zero-order chi connectivity index (χ0) is 4.41. The van der Waals surface area contributed by atoms with E-state index >= 15 is 0 Å². The smallest absolute Gasteiger partial charge is 0.0119 e. The predicted octanol–water partition coefficient (Wildman–Crippen LogP) is 2.41. The molecule has 0 fully saturated rings. The van der Waals surface area contributed by atoms with Gasteiger partial charge in [0.2, 0.25) is 0 Å². The van der Waals surface area contributed by atoms with E-state index in [9.17, 15) is 0 Å². The molecule has 0 saturated heterocycles. The Labute approximate surface area is 45.1 Å². The maximum absolute atomic E-state index is 3.71. The van der Waals surface area contributed by atoms with Crippen LogP contribution in [0.25, 0.3) is 0 Å². The number of hydrogen-bond donors (Lipinski definition) is 0. The van der Waals surface area contributed by atoms with Crippen LogP contribution in [0.3, 0.4) is 0 Å². The van der Waals surface area contributed by atoms with Crippen molar-refractivity contribution in [1.82, 2.24) is 0 Å². The highest BCUT2D eigenvalue weighted by atomic mass is 33.1. The summed E-state index contributed by atoms with van der Waals surface area (Å²) in [5.74, 6) is 0. The van der Waals surface area contributed by atoms with E-state index in [2.05, 4.69) is 6.58 Å². The van der Waals surface area contributed by atoms with E-state index in [4.69, 9.17) is 0 Å². The first kappa shape index (κ1) is 4.34. The summed E-state index contributed by atoms with van der Waals surface area (Å²) in [5.41, 5.74) is 0. The van der Waals surface area contributed by atoms with Crippen LogP contribution in [-0.2, 0) is 0 Å². The molecule has 1 rings (SSSR count). The van der Waals surface area contributed by atoms with Crippen molar-refractivity contribution in [2.45, 2.75) is 0 Å². The normalized spacial score (nSPS) is 19.7. The summed E-state index contributed by atoms with van der Waals surface area (Å²) in [6.45, 7) is 3.71. The molecule has 0 aromatic rings. The molecule has 1 aliphatic rings. The monoisotopic (exact) mass is 116 g/mol. The summed E-state index contributed by atoms with van der Waals surface area (Å²) in [7, 11) is 3.43. The van der Waals surface area contributed by atoms with E-state index in [0.717, 1.165) is 4.91 Å². The Morgan fingerprint density at radius 1 is 1.67 bits per heavy atom. The second-order valence-electron chi connectivity index (χ2n) is 0.949. The molecule has 0 saturated carbocycles. The Morgan fingerprint density at radius 2 is 2.50 bits per heavy atom. The van der Waals surface area contributed by atoms with Crippen LogP contribution in [0.2, 0.25) is 0 Å². The van der Waals surface area contributed by atoms with Gasteiger partial charge in [0, 0.05) is 4.91 Å². The maximum atomic E-state index is 3.71. The first-order valence-corrected chi connectivity index (χ1v) is 3.80. The molecule has 2 heteroatoms. The van der Waals surface area contributed by atoms with Gasteiger partial charge in [-0.05, 0) is 11.5 Å². The van der Waals surface area contributed by atoms with Gasteiger partial charge in [-0.3, -0.25) is 0 Å². The Kier molecular flexibility index (Phi) is 1.27. The molecular formula is C4H4S2. The van der Waals surface area contributed by atoms with Crippen molar-refractivity contribution in [3.8, 4) is 0 Å². The highest BCUT2D eigenvalue weighted by Gasteiger charge is 1.93. The van der Waals surface area contributed by atoms with Gasteiger partial charge in [0.25, 0.3) is 0 Å². The van der Waals surface area contributed by atoms with Crippen molar-refractivity contribution in [3.63, 3.8) is 0 Å². The molecule has 0 nitrogen and oxygen atoms in total. The fraction of sp³-hybridized carbons (Fsp3) is 0. The molecule has 0 atom stereocenters. The van der Waals surface area contributed by atoms with Crippen molar-refractivity contribution in [1.29, 1.82) is 0 Å². The van der Waals surface area contributed by atoms with Crippen LogP contribution >= 0.6 is 21.6 Å². The molecule has 1 heterocycles. The van der Waals surface area contributed by atoms with Crippen LogP contribution in [0, 0.1) is 0 Å². The molecule has 0 aromatic heterocycles. The molecule has 0 aliphatic carbocycles. The lowest BCUT2D eigenvalue weighted by atomic mass is 10.6. The minimum atomic E-state index is 1.15. The highest BCUT2D eigenvalue weighted by Crippen LogP contribution is 2.36. The molecule has 0 spiro atoms. The van der Waals surface area contributed by atoms with Crippen LogP contribution in [0.5, 0.6) is 0 Å². The lowest BCUT2D eigenvalue weighted by molar-refractivity contribution is 2.07. The van der Waals surface area contributed by atoms with Crippen LogP contribution in [-0.4, -0.2) is 0 Å². The van der Waals surface area contributed by atoms with Gasteiger partial charge in [-0.2, -0.15) is 0 Å². The summed E-state index contributed by atoms with van der Waals surface area (Å²) < 4.78 is 0. The molecular weight excluding hydrogens is 112 g/mol. The van der Waals surface area contributed by atoms with Crippen LogP contribution < -0.4 is 0 Å². The largest absolute Gasteiger partial charge is 0.0845 e. The van der Waals surface area contributed by atoms with Gasteiger partial charge >= 0.3 is 0 Å². The first-order chi connectivity index (χ1) is 2.89. The van der Waals surface area contributed by atoms with Crippen LogP contribution in [0.1, 0.15) is 0 Å². The third kappa shape index (κ3) is 0.820. The number of rotatable bonds is 0. The van der Waals surface area contributed by atoms with Gasteiger partial charge in [-0.25, -0.2) is 0 Å². The minimum Gasteiger partial charge on any atom is -0.0845 e. The summed E-state index contributed by atoms with van der Waals surface area (Å²) in [6.07, 6.45) is 2.01. The van der Waals surface area contributed by atoms with E-state index in [0.29, 0.717) is 0 Å². The molecule has 32 valence electrons. The molecule has 0 amide bonds. The average Bonchev–Trinajstić information content (AvgIpc) is 1.86. The lowest BCUT2D eigenvalue weighted by Crippen LogP contribution is -1.44. The second kappa shape index (κ2) is 1.76. The minimum absolute atomic E-state index is 1.15.